The van der Waals surface area contributed by atoms with Crippen molar-refractivity contribution in [2.45, 2.75) is 17.7 Å². The number of sulfonamides is 1. The summed E-state index contributed by atoms with van der Waals surface area (Å²) in [5.74, 6) is -0.805. The van der Waals surface area contributed by atoms with Crippen LogP contribution in [0.15, 0.2) is 47.5 Å². The number of hydrazine groups is 1. The molecule has 1 fully saturated rings. The highest BCUT2D eigenvalue weighted by atomic mass is 32.2. The van der Waals surface area contributed by atoms with E-state index in [1.165, 1.54) is 12.3 Å². The SMILES string of the molecule is O=C(NNS(=O)(=O)c1c[nH]c(C(=O)N2CCCC2)c1)c1ccccc1. The molecule has 1 aromatic carbocycles. The van der Waals surface area contributed by atoms with E-state index in [-0.39, 0.29) is 16.5 Å². The predicted molar refractivity (Wildman–Crippen MR) is 90.2 cm³/mol. The second-order valence-corrected chi connectivity index (χ2v) is 7.36. The first-order valence-corrected chi connectivity index (χ1v) is 9.30. The number of nitrogens with zero attached hydrogens (tertiary/aromatic N) is 1. The van der Waals surface area contributed by atoms with Crippen LogP contribution >= 0.6 is 0 Å². The Hall–Kier alpha value is -2.65. The van der Waals surface area contributed by atoms with Crippen LogP contribution in [0.4, 0.5) is 0 Å². The van der Waals surface area contributed by atoms with Gasteiger partial charge in [0.2, 0.25) is 0 Å². The molecule has 1 aliphatic rings. The van der Waals surface area contributed by atoms with Gasteiger partial charge in [0.1, 0.15) is 10.6 Å². The van der Waals surface area contributed by atoms with Crippen molar-refractivity contribution < 1.29 is 18.0 Å². The maximum absolute atomic E-state index is 12.3. The van der Waals surface area contributed by atoms with Crippen LogP contribution in [-0.2, 0) is 10.0 Å². The van der Waals surface area contributed by atoms with Gasteiger partial charge >= 0.3 is 0 Å². The first-order chi connectivity index (χ1) is 12.0. The number of rotatable bonds is 5. The monoisotopic (exact) mass is 362 g/mol. The molecule has 3 N–H and O–H groups in total. The van der Waals surface area contributed by atoms with Crippen molar-refractivity contribution >= 4 is 21.8 Å². The van der Waals surface area contributed by atoms with Crippen LogP contribution in [0.5, 0.6) is 0 Å². The zero-order valence-electron chi connectivity index (χ0n) is 13.4. The molecular formula is C16H18N4O4S. The molecule has 0 bridgehead atoms. The highest BCUT2D eigenvalue weighted by Gasteiger charge is 2.24. The van der Waals surface area contributed by atoms with Crippen LogP contribution in [0, 0.1) is 0 Å². The molecule has 0 radical (unpaired) electrons. The number of carbonyl (C=O) groups excluding carboxylic acids is 2. The number of likely N-dealkylation sites (tertiary alicyclic amines) is 1. The molecule has 0 atom stereocenters. The van der Waals surface area contributed by atoms with E-state index in [1.807, 2.05) is 4.83 Å². The maximum Gasteiger partial charge on any atom is 0.270 e. The van der Waals surface area contributed by atoms with Crippen LogP contribution in [0.1, 0.15) is 33.7 Å². The highest BCUT2D eigenvalue weighted by molar-refractivity contribution is 7.89. The number of aromatic amines is 1. The lowest BCUT2D eigenvalue weighted by molar-refractivity contribution is 0.0787. The van der Waals surface area contributed by atoms with Gasteiger partial charge in [-0.3, -0.25) is 15.0 Å². The summed E-state index contributed by atoms with van der Waals surface area (Å²) >= 11 is 0. The van der Waals surface area contributed by atoms with Crippen LogP contribution in [-0.4, -0.2) is 43.2 Å². The van der Waals surface area contributed by atoms with Gasteiger partial charge in [0.05, 0.1) is 0 Å². The average molecular weight is 362 g/mol. The summed E-state index contributed by atoms with van der Waals surface area (Å²) in [5.41, 5.74) is 2.67. The lowest BCUT2D eigenvalue weighted by atomic mass is 10.2. The first-order valence-electron chi connectivity index (χ1n) is 7.82. The number of H-pyrrole nitrogens is 1. The van der Waals surface area contributed by atoms with Gasteiger partial charge in [0.15, 0.2) is 0 Å². The minimum absolute atomic E-state index is 0.122. The molecule has 0 spiro atoms. The second-order valence-electron chi connectivity index (χ2n) is 5.67. The summed E-state index contributed by atoms with van der Waals surface area (Å²) in [4.78, 5) is 30.4. The summed E-state index contributed by atoms with van der Waals surface area (Å²) in [7, 11) is -3.98. The number of benzene rings is 1. The molecule has 0 unspecified atom stereocenters. The number of carbonyl (C=O) groups is 2. The van der Waals surface area contributed by atoms with E-state index in [0.717, 1.165) is 12.8 Å². The van der Waals surface area contributed by atoms with E-state index < -0.39 is 15.9 Å². The van der Waals surface area contributed by atoms with Gasteiger partial charge in [-0.2, -0.15) is 0 Å². The third-order valence-corrected chi connectivity index (χ3v) is 5.15. The van der Waals surface area contributed by atoms with Crippen LogP contribution in [0.25, 0.3) is 0 Å². The van der Waals surface area contributed by atoms with Gasteiger partial charge in [-0.1, -0.05) is 18.2 Å². The Morgan fingerprint density at radius 2 is 1.76 bits per heavy atom. The Labute approximate surface area is 145 Å². The van der Waals surface area contributed by atoms with E-state index in [2.05, 4.69) is 10.4 Å². The van der Waals surface area contributed by atoms with Gasteiger partial charge in [-0.05, 0) is 31.0 Å². The van der Waals surface area contributed by atoms with Gasteiger partial charge in [0, 0.05) is 24.8 Å². The number of nitrogens with one attached hydrogen (secondary N) is 3. The summed E-state index contributed by atoms with van der Waals surface area (Å²) in [5, 5.41) is 0. The molecule has 3 rings (SSSR count). The highest BCUT2D eigenvalue weighted by Crippen LogP contribution is 2.15. The molecule has 2 aromatic rings. The number of hydrogen-bond donors (Lipinski definition) is 3. The summed E-state index contributed by atoms with van der Waals surface area (Å²) < 4.78 is 24.5. The number of hydrogen-bond acceptors (Lipinski definition) is 4. The normalized spacial score (nSPS) is 14.5. The van der Waals surface area contributed by atoms with Crippen molar-refractivity contribution in [1.82, 2.24) is 20.1 Å². The van der Waals surface area contributed by atoms with E-state index in [9.17, 15) is 18.0 Å². The molecule has 132 valence electrons. The summed E-state index contributed by atoms with van der Waals surface area (Å²) in [6.07, 6.45) is 3.12. The largest absolute Gasteiger partial charge is 0.356 e. The van der Waals surface area contributed by atoms with Crippen molar-refractivity contribution in [2.24, 2.45) is 0 Å². The fourth-order valence-corrected chi connectivity index (χ4v) is 3.41. The quantitative estimate of drug-likeness (QED) is 0.685. The molecule has 1 saturated heterocycles. The molecule has 0 saturated carbocycles. The first kappa shape index (κ1) is 17.2. The van der Waals surface area contributed by atoms with Gasteiger partial charge < -0.3 is 9.88 Å². The molecule has 25 heavy (non-hydrogen) atoms. The lowest BCUT2D eigenvalue weighted by Gasteiger charge is -2.13. The van der Waals surface area contributed by atoms with Gasteiger partial charge in [-0.15, -0.1) is 4.83 Å². The van der Waals surface area contributed by atoms with Crippen LogP contribution in [0.3, 0.4) is 0 Å². The molecular weight excluding hydrogens is 344 g/mol. The Morgan fingerprint density at radius 3 is 2.44 bits per heavy atom. The fraction of sp³-hybridized carbons (Fsp3) is 0.250. The van der Waals surface area contributed by atoms with Gasteiger partial charge in [0.25, 0.3) is 21.8 Å². The maximum atomic E-state index is 12.3. The van der Waals surface area contributed by atoms with Crippen molar-refractivity contribution in [3.8, 4) is 0 Å². The molecule has 2 heterocycles. The van der Waals surface area contributed by atoms with Crippen LogP contribution in [0.2, 0.25) is 0 Å². The van der Waals surface area contributed by atoms with E-state index in [0.29, 0.717) is 18.7 Å². The molecule has 1 aromatic heterocycles. The molecule has 0 aliphatic carbocycles. The smallest absolute Gasteiger partial charge is 0.270 e. The van der Waals surface area contributed by atoms with E-state index >= 15 is 0 Å². The Kier molecular flexibility index (Phi) is 4.86. The third-order valence-electron chi connectivity index (χ3n) is 3.93. The predicted octanol–water partition coefficient (Wildman–Crippen LogP) is 0.874. The Morgan fingerprint density at radius 1 is 1.08 bits per heavy atom. The topological polar surface area (TPSA) is 111 Å². The standard InChI is InChI=1S/C16H18N4O4S/c21-15(12-6-2-1-3-7-12)18-19-25(23,24)13-10-14(17-11-13)16(22)20-8-4-5-9-20/h1-3,6-7,10-11,17,19H,4-5,8-9H2,(H,18,21). The van der Waals surface area contributed by atoms with E-state index in [4.69, 9.17) is 0 Å². The molecule has 8 nitrogen and oxygen atoms in total. The molecule has 2 amide bonds. The Balaban J connectivity index is 1.66. The molecule has 1 aliphatic heterocycles. The van der Waals surface area contributed by atoms with Crippen molar-refractivity contribution in [1.29, 1.82) is 0 Å². The second kappa shape index (κ2) is 7.08. The summed E-state index contributed by atoms with van der Waals surface area (Å²) in [6.45, 7) is 1.34. The van der Waals surface area contributed by atoms with Crippen molar-refractivity contribution in [2.75, 3.05) is 13.1 Å². The number of amides is 2. The minimum atomic E-state index is -3.98. The van der Waals surface area contributed by atoms with E-state index in [1.54, 1.807) is 35.2 Å². The Bertz CT molecular complexity index is 871. The van der Waals surface area contributed by atoms with Crippen molar-refractivity contribution in [3.63, 3.8) is 0 Å². The third kappa shape index (κ3) is 3.89. The zero-order chi connectivity index (χ0) is 17.9. The lowest BCUT2D eigenvalue weighted by Crippen LogP contribution is -2.41. The van der Waals surface area contributed by atoms with Gasteiger partial charge in [-0.25, -0.2) is 8.42 Å². The molecule has 9 heteroatoms. The fourth-order valence-electron chi connectivity index (χ4n) is 2.58. The minimum Gasteiger partial charge on any atom is -0.356 e. The van der Waals surface area contributed by atoms with Crippen molar-refractivity contribution in [3.05, 3.63) is 53.9 Å². The number of aromatic nitrogens is 1. The zero-order valence-corrected chi connectivity index (χ0v) is 14.2. The summed E-state index contributed by atoms with van der Waals surface area (Å²) in [6, 6.07) is 9.48. The average Bonchev–Trinajstić information content (AvgIpc) is 3.31. The van der Waals surface area contributed by atoms with Crippen LogP contribution < -0.4 is 10.3 Å².